The summed E-state index contributed by atoms with van der Waals surface area (Å²) in [5.74, 6) is 0.281. The molecule has 0 heterocycles. The first-order valence-electron chi connectivity index (χ1n) is 5.95. The van der Waals surface area contributed by atoms with E-state index in [1.165, 1.54) is 7.11 Å². The van der Waals surface area contributed by atoms with Crippen LogP contribution in [0.4, 0.5) is 0 Å². The van der Waals surface area contributed by atoms with Gasteiger partial charge < -0.3 is 10.5 Å². The molecular formula is C14H19NO3. The molecule has 1 amide bonds. The van der Waals surface area contributed by atoms with Crippen molar-refractivity contribution in [3.63, 3.8) is 0 Å². The third-order valence-corrected chi connectivity index (χ3v) is 2.79. The van der Waals surface area contributed by atoms with E-state index in [4.69, 9.17) is 10.5 Å². The van der Waals surface area contributed by atoms with Crippen LogP contribution in [-0.4, -0.2) is 18.8 Å². The summed E-state index contributed by atoms with van der Waals surface area (Å²) in [5, 5.41) is 0. The number of hydrogen-bond acceptors (Lipinski definition) is 3. The Morgan fingerprint density at radius 2 is 1.94 bits per heavy atom. The maximum atomic E-state index is 12.0. The Kier molecular flexibility index (Phi) is 4.89. The Bertz CT molecular complexity index is 452. The molecule has 1 rings (SSSR count). The molecule has 1 aromatic rings. The molecule has 0 aromatic heterocycles. The number of nitrogens with two attached hydrogens (primary N) is 1. The highest BCUT2D eigenvalue weighted by Crippen LogP contribution is 2.25. The van der Waals surface area contributed by atoms with Gasteiger partial charge in [-0.25, -0.2) is 0 Å². The monoisotopic (exact) mass is 249 g/mol. The molecule has 0 saturated heterocycles. The van der Waals surface area contributed by atoms with E-state index < -0.39 is 5.91 Å². The zero-order valence-electron chi connectivity index (χ0n) is 11.0. The first-order valence-corrected chi connectivity index (χ1v) is 5.95. The van der Waals surface area contributed by atoms with Gasteiger partial charge in [0.1, 0.15) is 5.75 Å². The van der Waals surface area contributed by atoms with E-state index in [9.17, 15) is 9.59 Å². The highest BCUT2D eigenvalue weighted by atomic mass is 16.5. The first-order chi connectivity index (χ1) is 8.45. The van der Waals surface area contributed by atoms with Gasteiger partial charge in [0.15, 0.2) is 5.78 Å². The summed E-state index contributed by atoms with van der Waals surface area (Å²) < 4.78 is 5.17. The first kappa shape index (κ1) is 14.2. The van der Waals surface area contributed by atoms with Gasteiger partial charge in [-0.2, -0.15) is 0 Å². The summed E-state index contributed by atoms with van der Waals surface area (Å²) in [6.45, 7) is 4.11. The lowest BCUT2D eigenvalue weighted by Crippen LogP contribution is -2.13. The second-order valence-corrected chi connectivity index (χ2v) is 4.50. The largest absolute Gasteiger partial charge is 0.496 e. The molecule has 2 N–H and O–H groups in total. The zero-order chi connectivity index (χ0) is 13.7. The molecule has 0 aliphatic rings. The summed E-state index contributed by atoms with van der Waals surface area (Å²) in [6.07, 6.45) is 0.182. The van der Waals surface area contributed by atoms with E-state index in [0.29, 0.717) is 17.2 Å². The summed E-state index contributed by atoms with van der Waals surface area (Å²) in [4.78, 5) is 22.7. The fourth-order valence-corrected chi connectivity index (χ4v) is 1.67. The fourth-order valence-electron chi connectivity index (χ4n) is 1.67. The van der Waals surface area contributed by atoms with Crippen LogP contribution in [0.2, 0.25) is 0 Å². The van der Waals surface area contributed by atoms with Crippen molar-refractivity contribution in [2.45, 2.75) is 32.6 Å². The van der Waals surface area contributed by atoms with E-state index in [2.05, 4.69) is 13.8 Å². The minimum atomic E-state index is -0.470. The predicted molar refractivity (Wildman–Crippen MR) is 69.8 cm³/mol. The number of ether oxygens (including phenoxy) is 1. The molecule has 0 unspecified atom stereocenters. The van der Waals surface area contributed by atoms with E-state index in [1.54, 1.807) is 6.07 Å². The van der Waals surface area contributed by atoms with Gasteiger partial charge in [-0.1, -0.05) is 19.9 Å². The number of Topliss-reactive ketones (excluding diaryl/α,β-unsaturated/α-hetero) is 1. The Labute approximate surface area is 107 Å². The molecule has 0 fully saturated rings. The normalized spacial score (nSPS) is 10.4. The van der Waals surface area contributed by atoms with Crippen LogP contribution in [-0.2, 0) is 4.79 Å². The van der Waals surface area contributed by atoms with E-state index >= 15 is 0 Å². The van der Waals surface area contributed by atoms with Crippen LogP contribution in [0.25, 0.3) is 0 Å². The number of benzene rings is 1. The maximum absolute atomic E-state index is 12.0. The van der Waals surface area contributed by atoms with Gasteiger partial charge in [-0.15, -0.1) is 0 Å². The van der Waals surface area contributed by atoms with Crippen LogP contribution >= 0.6 is 0 Å². The average molecular weight is 249 g/mol. The molecule has 0 radical (unpaired) electrons. The van der Waals surface area contributed by atoms with Crippen LogP contribution in [0, 0.1) is 0 Å². The second-order valence-electron chi connectivity index (χ2n) is 4.50. The van der Waals surface area contributed by atoms with Crippen molar-refractivity contribution in [2.75, 3.05) is 7.11 Å². The lowest BCUT2D eigenvalue weighted by Gasteiger charge is -2.11. The number of ketones is 1. The van der Waals surface area contributed by atoms with Gasteiger partial charge in [0.2, 0.25) is 5.91 Å². The van der Waals surface area contributed by atoms with Crippen molar-refractivity contribution in [1.82, 2.24) is 0 Å². The van der Waals surface area contributed by atoms with Gasteiger partial charge in [0.25, 0.3) is 0 Å². The standard InChI is InChI=1S/C14H19NO3/c1-9(2)10-4-6-13(18-3)11(8-10)12(16)5-7-14(15)17/h4,6,8-9H,5,7H2,1-3H3,(H2,15,17). The molecule has 18 heavy (non-hydrogen) atoms. The Morgan fingerprint density at radius 3 is 2.44 bits per heavy atom. The minimum absolute atomic E-state index is 0.0634. The maximum Gasteiger partial charge on any atom is 0.217 e. The van der Waals surface area contributed by atoms with Crippen LogP contribution in [0.5, 0.6) is 5.75 Å². The third kappa shape index (κ3) is 3.58. The van der Waals surface area contributed by atoms with Crippen molar-refractivity contribution in [3.05, 3.63) is 29.3 Å². The topological polar surface area (TPSA) is 69.4 Å². The van der Waals surface area contributed by atoms with E-state index in [0.717, 1.165) is 5.56 Å². The second kappa shape index (κ2) is 6.19. The molecule has 0 saturated carbocycles. The molecular weight excluding hydrogens is 230 g/mol. The van der Waals surface area contributed by atoms with E-state index in [1.807, 2.05) is 12.1 Å². The van der Waals surface area contributed by atoms with Crippen LogP contribution in [0.15, 0.2) is 18.2 Å². The van der Waals surface area contributed by atoms with Gasteiger partial charge in [-0.05, 0) is 23.6 Å². The molecule has 1 aromatic carbocycles. The van der Waals surface area contributed by atoms with Gasteiger partial charge in [-0.3, -0.25) is 9.59 Å². The number of methoxy groups -OCH3 is 1. The number of carbonyl (C=O) groups is 2. The van der Waals surface area contributed by atoms with Crippen molar-refractivity contribution < 1.29 is 14.3 Å². The molecule has 0 spiro atoms. The summed E-state index contributed by atoms with van der Waals surface area (Å²) in [7, 11) is 1.52. The summed E-state index contributed by atoms with van der Waals surface area (Å²) in [5.41, 5.74) is 6.63. The van der Waals surface area contributed by atoms with Crippen LogP contribution < -0.4 is 10.5 Å². The minimum Gasteiger partial charge on any atom is -0.496 e. The Morgan fingerprint density at radius 1 is 1.28 bits per heavy atom. The molecule has 0 bridgehead atoms. The number of amides is 1. The average Bonchev–Trinajstić information content (AvgIpc) is 2.34. The molecule has 0 aliphatic carbocycles. The lowest BCUT2D eigenvalue weighted by molar-refractivity contribution is -0.118. The molecule has 0 aliphatic heterocycles. The van der Waals surface area contributed by atoms with Crippen LogP contribution in [0.3, 0.4) is 0 Å². The number of carbonyl (C=O) groups excluding carboxylic acids is 2. The van der Waals surface area contributed by atoms with Gasteiger partial charge in [0.05, 0.1) is 12.7 Å². The highest BCUT2D eigenvalue weighted by molar-refractivity contribution is 6.00. The smallest absolute Gasteiger partial charge is 0.217 e. The summed E-state index contributed by atoms with van der Waals surface area (Å²) >= 11 is 0. The predicted octanol–water partition coefficient (Wildman–Crippen LogP) is 2.27. The van der Waals surface area contributed by atoms with Gasteiger partial charge in [0, 0.05) is 12.8 Å². The zero-order valence-corrected chi connectivity index (χ0v) is 11.0. The molecule has 98 valence electrons. The van der Waals surface area contributed by atoms with Gasteiger partial charge >= 0.3 is 0 Å². The fraction of sp³-hybridized carbons (Fsp3) is 0.429. The number of rotatable bonds is 6. The van der Waals surface area contributed by atoms with Crippen molar-refractivity contribution in [3.8, 4) is 5.75 Å². The summed E-state index contributed by atoms with van der Waals surface area (Å²) in [6, 6.07) is 5.55. The third-order valence-electron chi connectivity index (χ3n) is 2.79. The molecule has 0 atom stereocenters. The Balaban J connectivity index is 3.00. The highest BCUT2D eigenvalue weighted by Gasteiger charge is 2.14. The SMILES string of the molecule is COc1ccc(C(C)C)cc1C(=O)CCC(N)=O. The van der Waals surface area contributed by atoms with Crippen LogP contribution in [0.1, 0.15) is 48.5 Å². The number of primary amides is 1. The number of hydrogen-bond donors (Lipinski definition) is 1. The molecule has 4 nitrogen and oxygen atoms in total. The Hall–Kier alpha value is -1.84. The quantitative estimate of drug-likeness (QED) is 0.786. The lowest BCUT2D eigenvalue weighted by atomic mass is 9.97. The van der Waals surface area contributed by atoms with E-state index in [-0.39, 0.29) is 18.6 Å². The molecule has 4 heteroatoms. The van der Waals surface area contributed by atoms with Crippen molar-refractivity contribution in [2.24, 2.45) is 5.73 Å². The van der Waals surface area contributed by atoms with Crippen molar-refractivity contribution in [1.29, 1.82) is 0 Å². The van der Waals surface area contributed by atoms with Crippen molar-refractivity contribution >= 4 is 11.7 Å².